The third kappa shape index (κ3) is 3.96. The van der Waals surface area contributed by atoms with E-state index in [2.05, 4.69) is 25.2 Å². The van der Waals surface area contributed by atoms with Crippen molar-refractivity contribution in [2.45, 2.75) is 12.8 Å². The zero-order valence-electron chi connectivity index (χ0n) is 12.5. The van der Waals surface area contributed by atoms with Crippen LogP contribution in [-0.2, 0) is 18.4 Å². The van der Waals surface area contributed by atoms with Gasteiger partial charge in [-0.05, 0) is 17.7 Å². The Kier molecular flexibility index (Phi) is 4.30. The second kappa shape index (κ2) is 6.40. The number of hydrogen-bond donors (Lipinski definition) is 0. The van der Waals surface area contributed by atoms with Crippen molar-refractivity contribution >= 4 is 0 Å². The lowest BCUT2D eigenvalue weighted by Gasteiger charge is -2.07. The van der Waals surface area contributed by atoms with Crippen LogP contribution in [0.4, 0.5) is 13.2 Å². The van der Waals surface area contributed by atoms with Gasteiger partial charge in [-0.15, -0.1) is 5.10 Å². The van der Waals surface area contributed by atoms with E-state index in [0.29, 0.717) is 22.6 Å². The summed E-state index contributed by atoms with van der Waals surface area (Å²) in [5.74, 6) is 0.578. The molecule has 10 heteroatoms. The second-order valence-corrected chi connectivity index (χ2v) is 5.01. The Balaban J connectivity index is 1.66. The number of rotatable bonds is 5. The van der Waals surface area contributed by atoms with Crippen molar-refractivity contribution < 1.29 is 22.4 Å². The van der Waals surface area contributed by atoms with E-state index in [9.17, 15) is 13.2 Å². The highest BCUT2D eigenvalue weighted by molar-refractivity contribution is 5.57. The smallest absolute Gasteiger partial charge is 0.367 e. The van der Waals surface area contributed by atoms with E-state index >= 15 is 0 Å². The molecule has 126 valence electrons. The molecule has 0 unspecified atom stereocenters. The lowest BCUT2D eigenvalue weighted by atomic mass is 10.1. The van der Waals surface area contributed by atoms with Gasteiger partial charge in [-0.1, -0.05) is 22.5 Å². The molecule has 1 aromatic carbocycles. The molecule has 7 nitrogen and oxygen atoms in total. The molecule has 0 bridgehead atoms. The summed E-state index contributed by atoms with van der Waals surface area (Å²) in [6.07, 6.45) is -2.68. The van der Waals surface area contributed by atoms with Crippen LogP contribution < -0.4 is 0 Å². The SMILES string of the molecule is Cn1cc(-c2noc(-c3ccc(COCC(F)(F)F)cc3)n2)nn1. The van der Waals surface area contributed by atoms with E-state index in [4.69, 9.17) is 4.52 Å². The number of nitrogens with zero attached hydrogens (tertiary/aromatic N) is 5. The molecule has 0 aliphatic rings. The fourth-order valence-electron chi connectivity index (χ4n) is 1.92. The summed E-state index contributed by atoms with van der Waals surface area (Å²) in [6.45, 7) is -1.41. The van der Waals surface area contributed by atoms with Crippen molar-refractivity contribution in [3.05, 3.63) is 36.0 Å². The summed E-state index contributed by atoms with van der Waals surface area (Å²) in [6, 6.07) is 6.61. The predicted molar refractivity (Wildman–Crippen MR) is 75.4 cm³/mol. The van der Waals surface area contributed by atoms with E-state index in [1.165, 1.54) is 4.68 Å². The van der Waals surface area contributed by atoms with E-state index < -0.39 is 12.8 Å². The number of alkyl halides is 3. The van der Waals surface area contributed by atoms with Gasteiger partial charge in [0.05, 0.1) is 12.8 Å². The first kappa shape index (κ1) is 16.1. The maximum absolute atomic E-state index is 12.0. The Morgan fingerprint density at radius 2 is 1.96 bits per heavy atom. The summed E-state index contributed by atoms with van der Waals surface area (Å²) in [5.41, 5.74) is 1.72. The third-order valence-electron chi connectivity index (χ3n) is 2.99. The van der Waals surface area contributed by atoms with Gasteiger partial charge >= 0.3 is 6.18 Å². The maximum Gasteiger partial charge on any atom is 0.411 e. The maximum atomic E-state index is 12.0. The van der Waals surface area contributed by atoms with Crippen LogP contribution in [0.3, 0.4) is 0 Å². The first-order valence-electron chi connectivity index (χ1n) is 6.85. The van der Waals surface area contributed by atoms with Gasteiger partial charge in [0.1, 0.15) is 6.61 Å². The van der Waals surface area contributed by atoms with Gasteiger partial charge in [0, 0.05) is 12.6 Å². The summed E-state index contributed by atoms with van der Waals surface area (Å²) >= 11 is 0. The zero-order valence-corrected chi connectivity index (χ0v) is 12.5. The minimum Gasteiger partial charge on any atom is -0.367 e. The van der Waals surface area contributed by atoms with Crippen LogP contribution in [0.1, 0.15) is 5.56 Å². The van der Waals surface area contributed by atoms with Crippen LogP contribution in [0.5, 0.6) is 0 Å². The molecule has 0 aliphatic carbocycles. The van der Waals surface area contributed by atoms with Crippen LogP contribution in [0.25, 0.3) is 23.0 Å². The summed E-state index contributed by atoms with van der Waals surface area (Å²) in [4.78, 5) is 4.21. The van der Waals surface area contributed by atoms with Gasteiger partial charge in [-0.2, -0.15) is 18.2 Å². The first-order chi connectivity index (χ1) is 11.4. The molecule has 0 N–H and O–H groups in total. The summed E-state index contributed by atoms with van der Waals surface area (Å²) < 4.78 is 47.3. The Hall–Kier alpha value is -2.75. The van der Waals surface area contributed by atoms with Gasteiger partial charge < -0.3 is 9.26 Å². The van der Waals surface area contributed by atoms with Gasteiger partial charge in [-0.25, -0.2) is 0 Å². The average molecular weight is 339 g/mol. The van der Waals surface area contributed by atoms with E-state index in [0.717, 1.165) is 0 Å². The molecule has 24 heavy (non-hydrogen) atoms. The first-order valence-corrected chi connectivity index (χ1v) is 6.85. The standard InChI is InChI=1S/C14H12F3N5O2/c1-22-6-11(19-21-22)12-18-13(24-20-12)10-4-2-9(3-5-10)7-23-8-14(15,16)17/h2-6H,7-8H2,1H3. The molecule has 0 radical (unpaired) electrons. The normalized spacial score (nSPS) is 11.8. The average Bonchev–Trinajstić information content (AvgIpc) is 3.15. The Morgan fingerprint density at radius 1 is 1.21 bits per heavy atom. The highest BCUT2D eigenvalue weighted by atomic mass is 19.4. The highest BCUT2D eigenvalue weighted by Crippen LogP contribution is 2.22. The van der Waals surface area contributed by atoms with Crippen molar-refractivity contribution in [3.63, 3.8) is 0 Å². The van der Waals surface area contributed by atoms with Crippen LogP contribution in [0.2, 0.25) is 0 Å². The lowest BCUT2D eigenvalue weighted by molar-refractivity contribution is -0.176. The van der Waals surface area contributed by atoms with E-state index in [1.807, 2.05) is 0 Å². The van der Waals surface area contributed by atoms with Crippen LogP contribution in [0, 0.1) is 0 Å². The molecule has 0 atom stereocenters. The molecule has 0 saturated carbocycles. The van der Waals surface area contributed by atoms with Gasteiger partial charge in [0.2, 0.25) is 5.82 Å². The molecule has 0 saturated heterocycles. The molecular weight excluding hydrogens is 327 g/mol. The quantitative estimate of drug-likeness (QED) is 0.711. The van der Waals surface area contributed by atoms with Crippen LogP contribution in [0.15, 0.2) is 35.0 Å². The zero-order chi connectivity index (χ0) is 17.2. The minimum absolute atomic E-state index is 0.130. The minimum atomic E-state index is -4.33. The van der Waals surface area contributed by atoms with Gasteiger partial charge in [-0.3, -0.25) is 4.68 Å². The number of hydrogen-bond acceptors (Lipinski definition) is 6. The Bertz CT molecular complexity index is 810. The molecule has 3 aromatic rings. The molecule has 0 fully saturated rings. The topological polar surface area (TPSA) is 78.9 Å². The molecule has 0 aliphatic heterocycles. The Labute approximate surface area is 134 Å². The van der Waals surface area contributed by atoms with Crippen molar-refractivity contribution in [2.24, 2.45) is 7.05 Å². The van der Waals surface area contributed by atoms with Gasteiger partial charge in [0.25, 0.3) is 5.89 Å². The number of benzene rings is 1. The van der Waals surface area contributed by atoms with E-state index in [-0.39, 0.29) is 12.5 Å². The largest absolute Gasteiger partial charge is 0.411 e. The molecule has 0 spiro atoms. The van der Waals surface area contributed by atoms with Gasteiger partial charge in [0.15, 0.2) is 5.69 Å². The van der Waals surface area contributed by atoms with Crippen molar-refractivity contribution in [1.29, 1.82) is 0 Å². The Morgan fingerprint density at radius 3 is 2.58 bits per heavy atom. The lowest BCUT2D eigenvalue weighted by Crippen LogP contribution is -2.16. The molecule has 2 aromatic heterocycles. The van der Waals surface area contributed by atoms with Crippen molar-refractivity contribution in [2.75, 3.05) is 6.61 Å². The third-order valence-corrected chi connectivity index (χ3v) is 2.99. The molecule has 0 amide bonds. The van der Waals surface area contributed by atoms with Crippen LogP contribution >= 0.6 is 0 Å². The number of aryl methyl sites for hydroxylation is 1. The monoisotopic (exact) mass is 339 g/mol. The predicted octanol–water partition coefficient (Wildman–Crippen LogP) is 2.61. The summed E-state index contributed by atoms with van der Waals surface area (Å²) in [5, 5.41) is 11.5. The van der Waals surface area contributed by atoms with Crippen molar-refractivity contribution in [3.8, 4) is 23.0 Å². The van der Waals surface area contributed by atoms with Crippen molar-refractivity contribution in [1.82, 2.24) is 25.1 Å². The van der Waals surface area contributed by atoms with E-state index in [1.54, 1.807) is 37.5 Å². The molecular formula is C14H12F3N5O2. The number of aromatic nitrogens is 5. The van der Waals surface area contributed by atoms with Crippen LogP contribution in [-0.4, -0.2) is 37.9 Å². The summed E-state index contributed by atoms with van der Waals surface area (Å²) in [7, 11) is 1.72. The molecule has 3 rings (SSSR count). The highest BCUT2D eigenvalue weighted by Gasteiger charge is 2.27. The number of ether oxygens (including phenoxy) is 1. The number of halogens is 3. The fourth-order valence-corrected chi connectivity index (χ4v) is 1.92. The molecule has 2 heterocycles. The second-order valence-electron chi connectivity index (χ2n) is 5.01. The fraction of sp³-hybridized carbons (Fsp3) is 0.286.